The summed E-state index contributed by atoms with van der Waals surface area (Å²) in [5, 5.41) is 26.1. The molecular weight excluding hydrogens is 880 g/mol. The second-order valence-corrected chi connectivity index (χ2v) is 18.7. The number of carboxylic acid groups (broad SMARTS) is 1. The Morgan fingerprint density at radius 3 is 2.25 bits per heavy atom. The third kappa shape index (κ3) is 15.4. The van der Waals surface area contributed by atoms with Crippen LogP contribution in [0.5, 0.6) is 0 Å². The van der Waals surface area contributed by atoms with Crippen molar-refractivity contribution in [2.75, 3.05) is 37.0 Å². The number of likely N-dealkylation sites (N-methyl/N-ethyl adjacent to an activating group) is 1. The number of hydrogen-bond donors (Lipinski definition) is 4. The van der Waals surface area contributed by atoms with Crippen LogP contribution in [0, 0.1) is 0 Å². The number of halogens is 3. The summed E-state index contributed by atoms with van der Waals surface area (Å²) in [5.41, 5.74) is 3.72. The van der Waals surface area contributed by atoms with Crippen molar-refractivity contribution in [1.29, 1.82) is 0 Å². The second-order valence-electron chi connectivity index (χ2n) is 17.6. The van der Waals surface area contributed by atoms with E-state index in [0.29, 0.717) is 58.8 Å². The number of pyridine rings is 1. The molecule has 1 atom stereocenters. The first-order chi connectivity index (χ1) is 31.7. The van der Waals surface area contributed by atoms with Crippen LogP contribution in [-0.4, -0.2) is 75.8 Å². The van der Waals surface area contributed by atoms with Crippen LogP contribution in [0.2, 0.25) is 0 Å². The Kier molecular flexibility index (Phi) is 18.2. The van der Waals surface area contributed by atoms with E-state index in [9.17, 15) is 32.7 Å². The van der Waals surface area contributed by atoms with Gasteiger partial charge in [-0.15, -0.1) is 11.8 Å². The van der Waals surface area contributed by atoms with Crippen molar-refractivity contribution in [3.05, 3.63) is 143 Å². The number of aromatic nitrogens is 1. The number of ether oxygens (including phenoxy) is 1. The molecule has 0 aliphatic carbocycles. The number of nitrogens with zero attached hydrogens (tertiary/aromatic N) is 3. The molecule has 1 unspecified atom stereocenters. The SMILES string of the molecule is CCN(CC)c1ccc(NC(=O)c2cccc(CSc3cccc(CC(=O)N(C)C(C)(C)CCOC(C)(C)CCC(=O)O)c3)c2)c(-c2cc(C(O)NCc3cccc(C(F)(F)F)c3)ccn2)c1. The first kappa shape index (κ1) is 52.2. The molecule has 0 bridgehead atoms. The third-order valence-electron chi connectivity index (χ3n) is 11.8. The molecular formula is C52H62F3N5O6S. The normalized spacial score (nSPS) is 12.4. The fourth-order valence-electron chi connectivity index (χ4n) is 7.36. The number of carboxylic acids is 1. The van der Waals surface area contributed by atoms with E-state index in [1.54, 1.807) is 54.2 Å². The lowest BCUT2D eigenvalue weighted by Crippen LogP contribution is -2.46. The molecule has 0 saturated heterocycles. The molecule has 5 aromatic rings. The lowest BCUT2D eigenvalue weighted by Gasteiger charge is -2.37. The molecule has 15 heteroatoms. The van der Waals surface area contributed by atoms with Gasteiger partial charge in [0.1, 0.15) is 6.23 Å². The minimum Gasteiger partial charge on any atom is -0.481 e. The van der Waals surface area contributed by atoms with Gasteiger partial charge in [0.2, 0.25) is 5.91 Å². The Morgan fingerprint density at radius 2 is 1.54 bits per heavy atom. The van der Waals surface area contributed by atoms with E-state index in [4.69, 9.17) is 9.84 Å². The van der Waals surface area contributed by atoms with E-state index < -0.39 is 35.1 Å². The topological polar surface area (TPSA) is 144 Å². The van der Waals surface area contributed by atoms with Gasteiger partial charge in [-0.05, 0) is 137 Å². The highest BCUT2D eigenvalue weighted by atomic mass is 32.2. The van der Waals surface area contributed by atoms with Crippen LogP contribution >= 0.6 is 11.8 Å². The standard InChI is InChI=1S/C52H62F3N5O6S/c1-8-60(9-2)41-19-20-44(43(32-41)45-31-39(22-25-56-45)48(64)57-33-36-14-11-17-40(28-36)52(53,54)55)58-49(65)38-16-10-15-37(27-38)34-67-42-18-12-13-35(29-42)30-46(61)59(7)50(3,4)24-26-66-51(5,6)23-21-47(62)63/h10-20,22,25,27-29,31-32,48,57,64H,8-9,21,23-24,26,30,33-34H2,1-7H3,(H,58,65)(H,62,63). The van der Waals surface area contributed by atoms with Crippen molar-refractivity contribution in [2.45, 2.75) is 108 Å². The molecule has 67 heavy (non-hydrogen) atoms. The predicted molar refractivity (Wildman–Crippen MR) is 259 cm³/mol. The van der Waals surface area contributed by atoms with Crippen molar-refractivity contribution >= 4 is 40.9 Å². The number of carbonyl (C=O) groups excluding carboxylic acids is 2. The lowest BCUT2D eigenvalue weighted by molar-refractivity contribution is -0.140. The summed E-state index contributed by atoms with van der Waals surface area (Å²) >= 11 is 1.59. The van der Waals surface area contributed by atoms with Crippen LogP contribution in [0.4, 0.5) is 24.5 Å². The number of rotatable bonds is 23. The molecule has 0 fully saturated rings. The van der Waals surface area contributed by atoms with Crippen molar-refractivity contribution in [3.8, 4) is 11.3 Å². The Labute approximate surface area is 396 Å². The van der Waals surface area contributed by atoms with Gasteiger partial charge < -0.3 is 30.1 Å². The van der Waals surface area contributed by atoms with Gasteiger partial charge in [-0.1, -0.05) is 42.5 Å². The number of benzene rings is 4. The van der Waals surface area contributed by atoms with Gasteiger partial charge in [-0.2, -0.15) is 13.2 Å². The summed E-state index contributed by atoms with van der Waals surface area (Å²) in [6.45, 7) is 13.7. The number of amides is 2. The van der Waals surface area contributed by atoms with Crippen LogP contribution in [0.1, 0.15) is 105 Å². The summed E-state index contributed by atoms with van der Waals surface area (Å²) in [5.74, 6) is -0.659. The van der Waals surface area contributed by atoms with Crippen LogP contribution in [-0.2, 0) is 39.2 Å². The fraction of sp³-hybridized carbons (Fsp3) is 0.385. The Hall–Kier alpha value is -5.74. The molecule has 358 valence electrons. The van der Waals surface area contributed by atoms with Gasteiger partial charge in [0.15, 0.2) is 0 Å². The maximum atomic E-state index is 13.9. The Bertz CT molecular complexity index is 2480. The number of aliphatic hydroxyl groups excluding tert-OH is 1. The molecule has 5 rings (SSSR count). The van der Waals surface area contributed by atoms with E-state index >= 15 is 0 Å². The molecule has 0 radical (unpaired) electrons. The number of nitrogens with one attached hydrogen (secondary N) is 2. The van der Waals surface area contributed by atoms with Crippen LogP contribution in [0.15, 0.2) is 114 Å². The molecule has 0 saturated carbocycles. The van der Waals surface area contributed by atoms with E-state index in [-0.39, 0.29) is 31.2 Å². The monoisotopic (exact) mass is 941 g/mol. The summed E-state index contributed by atoms with van der Waals surface area (Å²) in [6, 6.07) is 29.2. The predicted octanol–water partition coefficient (Wildman–Crippen LogP) is 10.8. The number of thioether (sulfide) groups is 1. The first-order valence-corrected chi connectivity index (χ1v) is 23.3. The van der Waals surface area contributed by atoms with Crippen LogP contribution < -0.4 is 15.5 Å². The van der Waals surface area contributed by atoms with Crippen LogP contribution in [0.3, 0.4) is 0 Å². The zero-order valence-electron chi connectivity index (χ0n) is 39.2. The number of aliphatic hydroxyl groups is 1. The first-order valence-electron chi connectivity index (χ1n) is 22.4. The minimum atomic E-state index is -4.48. The van der Waals surface area contributed by atoms with E-state index in [2.05, 4.69) is 20.5 Å². The molecule has 2 amide bonds. The maximum absolute atomic E-state index is 13.9. The number of anilines is 2. The van der Waals surface area contributed by atoms with Crippen molar-refractivity contribution in [3.63, 3.8) is 0 Å². The highest BCUT2D eigenvalue weighted by molar-refractivity contribution is 7.98. The molecule has 4 aromatic carbocycles. The van der Waals surface area contributed by atoms with Crippen molar-refractivity contribution in [1.82, 2.24) is 15.2 Å². The van der Waals surface area contributed by atoms with E-state index in [1.807, 2.05) is 102 Å². The lowest BCUT2D eigenvalue weighted by atomic mass is 9.97. The summed E-state index contributed by atoms with van der Waals surface area (Å²) < 4.78 is 45.9. The highest BCUT2D eigenvalue weighted by Crippen LogP contribution is 2.34. The van der Waals surface area contributed by atoms with Gasteiger partial charge in [0.25, 0.3) is 5.91 Å². The van der Waals surface area contributed by atoms with Gasteiger partial charge >= 0.3 is 12.1 Å². The average molecular weight is 942 g/mol. The molecule has 0 aliphatic rings. The summed E-state index contributed by atoms with van der Waals surface area (Å²) in [6.07, 6.45) is -2.95. The van der Waals surface area contributed by atoms with Gasteiger partial charge in [0.05, 0.1) is 29.0 Å². The number of hydrogen-bond acceptors (Lipinski definition) is 9. The minimum absolute atomic E-state index is 0.0126. The second kappa shape index (κ2) is 23.3. The summed E-state index contributed by atoms with van der Waals surface area (Å²) in [7, 11) is 1.79. The largest absolute Gasteiger partial charge is 0.481 e. The number of aliphatic carboxylic acids is 1. The molecule has 1 heterocycles. The average Bonchev–Trinajstić information content (AvgIpc) is 3.30. The third-order valence-corrected chi connectivity index (χ3v) is 12.9. The molecule has 4 N–H and O–H groups in total. The Balaban J connectivity index is 1.24. The van der Waals surface area contributed by atoms with Crippen molar-refractivity contribution in [2.24, 2.45) is 0 Å². The highest BCUT2D eigenvalue weighted by Gasteiger charge is 2.31. The molecule has 0 aliphatic heterocycles. The van der Waals surface area contributed by atoms with Crippen LogP contribution in [0.25, 0.3) is 11.3 Å². The zero-order valence-corrected chi connectivity index (χ0v) is 40.1. The van der Waals surface area contributed by atoms with Gasteiger partial charge in [0, 0.05) is 78.9 Å². The Morgan fingerprint density at radius 1 is 0.836 bits per heavy atom. The maximum Gasteiger partial charge on any atom is 0.416 e. The van der Waals surface area contributed by atoms with Crippen molar-refractivity contribution < 1.29 is 42.5 Å². The fourth-order valence-corrected chi connectivity index (χ4v) is 8.28. The van der Waals surface area contributed by atoms with Gasteiger partial charge in [-0.3, -0.25) is 24.7 Å². The number of carbonyl (C=O) groups is 3. The molecule has 1 aromatic heterocycles. The smallest absolute Gasteiger partial charge is 0.416 e. The van der Waals surface area contributed by atoms with E-state index in [1.165, 1.54) is 6.07 Å². The molecule has 0 spiro atoms. The quantitative estimate of drug-likeness (QED) is 0.0369. The number of alkyl halides is 3. The van der Waals surface area contributed by atoms with E-state index in [0.717, 1.165) is 46.9 Å². The summed E-state index contributed by atoms with van der Waals surface area (Å²) in [4.78, 5) is 47.9. The zero-order chi connectivity index (χ0) is 48.9. The molecule has 11 nitrogen and oxygen atoms in total. The van der Waals surface area contributed by atoms with Gasteiger partial charge in [-0.25, -0.2) is 0 Å².